The van der Waals surface area contributed by atoms with Gasteiger partial charge in [-0.25, -0.2) is 4.79 Å². The molecule has 1 aliphatic heterocycles. The van der Waals surface area contributed by atoms with E-state index in [0.717, 1.165) is 141 Å². The van der Waals surface area contributed by atoms with Crippen LogP contribution in [0.5, 0.6) is 0 Å². The van der Waals surface area contributed by atoms with Gasteiger partial charge < -0.3 is 39.0 Å². The summed E-state index contributed by atoms with van der Waals surface area (Å²) in [6.07, 6.45) is 72.0. The summed E-state index contributed by atoms with van der Waals surface area (Å²) in [4.78, 5) is 51.2. The molecule has 1 aliphatic rings. The number of rotatable bonds is 50. The molecule has 1 fully saturated rings. The molecule has 6 atom stereocenters. The van der Waals surface area contributed by atoms with Crippen molar-refractivity contribution in [1.29, 1.82) is 0 Å². The number of carboxylic acids is 1. The smallest absolute Gasteiger partial charge is 0.335 e. The third-order valence-corrected chi connectivity index (χ3v) is 12.8. The molecule has 0 radical (unpaired) electrons. The second-order valence-corrected chi connectivity index (χ2v) is 20.2. The number of hydrogen-bond donors (Lipinski definition) is 3. The average Bonchev–Trinajstić information content (AvgIpc) is 3.57. The Morgan fingerprint density at radius 3 is 1.17 bits per heavy atom. The molecular weight excluding hydrogens is 1040 g/mol. The number of carbonyl (C=O) groups excluding carboxylic acids is 3. The maximum atomic E-state index is 13.1. The highest BCUT2D eigenvalue weighted by atomic mass is 16.7. The number of aliphatic hydroxyl groups excluding tert-OH is 2. The van der Waals surface area contributed by atoms with Crippen LogP contribution in [-0.4, -0.2) is 89.2 Å². The minimum Gasteiger partial charge on any atom is -0.479 e. The van der Waals surface area contributed by atoms with Crippen molar-refractivity contribution < 1.29 is 58.2 Å². The van der Waals surface area contributed by atoms with Crippen LogP contribution < -0.4 is 0 Å². The summed E-state index contributed by atoms with van der Waals surface area (Å²) >= 11 is 0. The second-order valence-electron chi connectivity index (χ2n) is 20.2. The number of aliphatic carboxylic acids is 1. The molecule has 12 nitrogen and oxygen atoms in total. The molecule has 1 heterocycles. The predicted octanol–water partition coefficient (Wildman–Crippen LogP) is 16.7. The van der Waals surface area contributed by atoms with Crippen LogP contribution in [0.25, 0.3) is 0 Å². The van der Waals surface area contributed by atoms with E-state index in [1.807, 2.05) is 18.2 Å². The molecule has 0 aromatic heterocycles. The lowest BCUT2D eigenvalue weighted by atomic mass is 9.98. The van der Waals surface area contributed by atoms with Crippen LogP contribution in [0.3, 0.4) is 0 Å². The Morgan fingerprint density at radius 1 is 0.410 bits per heavy atom. The minimum atomic E-state index is -1.94. The number of ether oxygens (including phenoxy) is 5. The SMILES string of the molecule is CC/C=C\C/C=C\C/C=C\C/C=C\C/C=C\CCCCCC(=O)OCC(COC1OC(C(=O)O)C(O)C(O)C1OC(=O)CCCCCCCC/C=C\C/C=C\C/C=C\C/C=C\CC)OC(=O)C/C=C\C/C=C\C/C=C\C/C=C\C/C=C\CC. The van der Waals surface area contributed by atoms with Crippen molar-refractivity contribution in [3.63, 3.8) is 0 Å². The number of carboxylic acid groups (broad SMARTS) is 1. The molecule has 0 aromatic rings. The highest BCUT2D eigenvalue weighted by Crippen LogP contribution is 2.26. The molecular formula is C71H106O12. The van der Waals surface area contributed by atoms with Gasteiger partial charge in [0.2, 0.25) is 0 Å². The van der Waals surface area contributed by atoms with Crippen LogP contribution in [-0.2, 0) is 42.9 Å². The van der Waals surface area contributed by atoms with Crippen molar-refractivity contribution in [2.45, 2.75) is 237 Å². The maximum absolute atomic E-state index is 13.1. The van der Waals surface area contributed by atoms with Crippen LogP contribution in [0.2, 0.25) is 0 Å². The minimum absolute atomic E-state index is 0.0196. The first-order chi connectivity index (χ1) is 40.6. The topological polar surface area (TPSA) is 175 Å². The van der Waals surface area contributed by atoms with Gasteiger partial charge >= 0.3 is 23.9 Å². The van der Waals surface area contributed by atoms with Gasteiger partial charge in [0, 0.05) is 12.8 Å². The number of allylic oxidation sites excluding steroid dienone is 27. The van der Waals surface area contributed by atoms with Crippen LogP contribution in [0.4, 0.5) is 0 Å². The lowest BCUT2D eigenvalue weighted by molar-refractivity contribution is -0.301. The summed E-state index contributed by atoms with van der Waals surface area (Å²) in [6, 6.07) is 0. The van der Waals surface area contributed by atoms with Crippen molar-refractivity contribution in [3.05, 3.63) is 170 Å². The summed E-state index contributed by atoms with van der Waals surface area (Å²) in [5, 5.41) is 31.6. The first-order valence-corrected chi connectivity index (χ1v) is 31.1. The van der Waals surface area contributed by atoms with Gasteiger partial charge in [-0.05, 0) is 128 Å². The van der Waals surface area contributed by atoms with Crippen LogP contribution >= 0.6 is 0 Å². The zero-order chi connectivity index (χ0) is 60.3. The summed E-state index contributed by atoms with van der Waals surface area (Å²) in [7, 11) is 0. The van der Waals surface area contributed by atoms with Gasteiger partial charge in [-0.15, -0.1) is 0 Å². The predicted molar refractivity (Wildman–Crippen MR) is 339 cm³/mol. The fraction of sp³-hybridized carbons (Fsp3) is 0.549. The Labute approximate surface area is 500 Å². The summed E-state index contributed by atoms with van der Waals surface area (Å²) in [5.74, 6) is -3.38. The third kappa shape index (κ3) is 46.2. The number of esters is 3. The van der Waals surface area contributed by atoms with Gasteiger partial charge in [0.15, 0.2) is 24.6 Å². The quantitative estimate of drug-likeness (QED) is 0.0228. The van der Waals surface area contributed by atoms with E-state index in [2.05, 4.69) is 167 Å². The first-order valence-electron chi connectivity index (χ1n) is 31.1. The Morgan fingerprint density at radius 2 is 0.759 bits per heavy atom. The van der Waals surface area contributed by atoms with Gasteiger partial charge in [0.05, 0.1) is 13.0 Å². The largest absolute Gasteiger partial charge is 0.479 e. The van der Waals surface area contributed by atoms with E-state index < -0.39 is 67.3 Å². The molecule has 83 heavy (non-hydrogen) atoms. The van der Waals surface area contributed by atoms with Crippen molar-refractivity contribution in [3.8, 4) is 0 Å². The number of hydrogen-bond acceptors (Lipinski definition) is 11. The highest BCUT2D eigenvalue weighted by molar-refractivity contribution is 5.74. The molecule has 0 amide bonds. The van der Waals surface area contributed by atoms with E-state index in [0.29, 0.717) is 19.3 Å². The van der Waals surface area contributed by atoms with Crippen molar-refractivity contribution in [2.24, 2.45) is 0 Å². The zero-order valence-corrected chi connectivity index (χ0v) is 50.9. The molecule has 6 unspecified atom stereocenters. The third-order valence-electron chi connectivity index (χ3n) is 12.8. The molecule has 462 valence electrons. The van der Waals surface area contributed by atoms with E-state index in [4.69, 9.17) is 23.7 Å². The van der Waals surface area contributed by atoms with E-state index in [1.165, 1.54) is 0 Å². The first kappa shape index (κ1) is 75.1. The summed E-state index contributed by atoms with van der Waals surface area (Å²) in [5.41, 5.74) is 0. The molecule has 0 bridgehead atoms. The maximum Gasteiger partial charge on any atom is 0.335 e. The Bertz CT molecular complexity index is 2090. The Hall–Kier alpha value is -5.92. The van der Waals surface area contributed by atoms with Crippen molar-refractivity contribution in [1.82, 2.24) is 0 Å². The number of carbonyl (C=O) groups is 4. The van der Waals surface area contributed by atoms with Crippen LogP contribution in [0, 0.1) is 0 Å². The Kier molecular flexibility index (Phi) is 51.2. The second kappa shape index (κ2) is 56.6. The summed E-state index contributed by atoms with van der Waals surface area (Å²) < 4.78 is 28.3. The van der Waals surface area contributed by atoms with Gasteiger partial charge in [0.1, 0.15) is 18.8 Å². The lowest BCUT2D eigenvalue weighted by Crippen LogP contribution is -2.61. The molecule has 3 N–H and O–H groups in total. The van der Waals surface area contributed by atoms with E-state index in [-0.39, 0.29) is 25.9 Å². The molecule has 12 heteroatoms. The standard InChI is InChI=1S/C71H106O12/c1-4-7-10-13-16-19-22-25-28-30-32-34-37-39-42-45-48-51-54-57-63(72)79-60-62(81-64(73)58-55-52-49-46-43-40-36-27-24-21-18-15-12-9-6-3)61-80-71-69(67(76)66(75)68(83-71)70(77)78)82-65(74)59-56-53-50-47-44-41-38-35-33-31-29-26-23-20-17-14-11-8-5-2/h7-12,16-21,25-29,32-36,39,42-43,46,52,55,62,66-69,71,75-76H,4-6,13-15,22-24,30-31,37-38,40-41,44-45,47-51,53-54,56-61H2,1-3H3,(H,77,78)/b10-7-,11-8-,12-9-,19-16-,20-17-,21-18-,28-25-,29-26-,34-32-,35-33-,36-27-,42-39-,46-43-,55-52-. The fourth-order valence-corrected chi connectivity index (χ4v) is 8.17. The molecule has 1 saturated heterocycles. The molecule has 0 saturated carbocycles. The average molecular weight is 1150 g/mol. The van der Waals surface area contributed by atoms with Crippen LogP contribution in [0.15, 0.2) is 170 Å². The van der Waals surface area contributed by atoms with E-state index in [9.17, 15) is 34.5 Å². The van der Waals surface area contributed by atoms with Gasteiger partial charge in [-0.2, -0.15) is 0 Å². The normalized spacial score (nSPS) is 18.8. The molecule has 0 aliphatic carbocycles. The van der Waals surface area contributed by atoms with Gasteiger partial charge in [-0.1, -0.05) is 223 Å². The summed E-state index contributed by atoms with van der Waals surface area (Å²) in [6.45, 7) is 5.52. The molecule has 0 aromatic carbocycles. The number of unbranched alkanes of at least 4 members (excludes halogenated alkanes) is 9. The fourth-order valence-electron chi connectivity index (χ4n) is 8.17. The van der Waals surface area contributed by atoms with E-state index >= 15 is 0 Å². The van der Waals surface area contributed by atoms with Crippen LogP contribution in [0.1, 0.15) is 201 Å². The van der Waals surface area contributed by atoms with Gasteiger partial charge in [-0.3, -0.25) is 14.4 Å². The Balaban J connectivity index is 2.76. The highest BCUT2D eigenvalue weighted by Gasteiger charge is 2.50. The van der Waals surface area contributed by atoms with E-state index in [1.54, 1.807) is 6.08 Å². The van der Waals surface area contributed by atoms with Crippen molar-refractivity contribution in [2.75, 3.05) is 13.2 Å². The lowest BCUT2D eigenvalue weighted by Gasteiger charge is -2.40. The zero-order valence-electron chi connectivity index (χ0n) is 50.9. The molecule has 0 spiro atoms. The molecule has 1 rings (SSSR count). The van der Waals surface area contributed by atoms with Gasteiger partial charge in [0.25, 0.3) is 0 Å². The van der Waals surface area contributed by atoms with Crippen molar-refractivity contribution >= 4 is 23.9 Å². The monoisotopic (exact) mass is 1150 g/mol. The number of aliphatic hydroxyl groups is 2.